The van der Waals surface area contributed by atoms with E-state index in [0.717, 1.165) is 37.9 Å². The van der Waals surface area contributed by atoms with Gasteiger partial charge in [0.15, 0.2) is 0 Å². The summed E-state index contributed by atoms with van der Waals surface area (Å²) in [5.74, 6) is 1.05. The van der Waals surface area contributed by atoms with Crippen LogP contribution in [-0.2, 0) is 16.0 Å². The molecule has 2 aromatic rings. The fourth-order valence-electron chi connectivity index (χ4n) is 4.11. The first-order valence-corrected chi connectivity index (χ1v) is 11.2. The molecule has 0 unspecified atom stereocenters. The second kappa shape index (κ2) is 8.33. The summed E-state index contributed by atoms with van der Waals surface area (Å²) in [4.78, 5) is 23.8. The standard InChI is InChI=1S/C20H23N5O2S/c21-12-18(25-14-23-16-13-22-7-4-17(16)25)19(15-5-10-28(27)11-6-15)20(26)24-8-2-1-3-9-24/h4,7,13-15H,1-3,5-6,8-11H2/b19-18+. The lowest BCUT2D eigenvalue weighted by molar-refractivity contribution is -0.128. The van der Waals surface area contributed by atoms with Crippen LogP contribution in [0.3, 0.4) is 0 Å². The van der Waals surface area contributed by atoms with Gasteiger partial charge in [-0.3, -0.25) is 14.3 Å². The van der Waals surface area contributed by atoms with Crippen LogP contribution in [0.15, 0.2) is 30.4 Å². The Kier molecular flexibility index (Phi) is 5.64. The Morgan fingerprint density at radius 1 is 1.25 bits per heavy atom. The van der Waals surface area contributed by atoms with E-state index in [2.05, 4.69) is 16.0 Å². The number of carbonyl (C=O) groups excluding carboxylic acids is 1. The quantitative estimate of drug-likeness (QED) is 0.450. The van der Waals surface area contributed by atoms with E-state index in [-0.39, 0.29) is 11.8 Å². The average Bonchev–Trinajstić information content (AvgIpc) is 3.17. The van der Waals surface area contributed by atoms with Gasteiger partial charge >= 0.3 is 0 Å². The highest BCUT2D eigenvalue weighted by Gasteiger charge is 2.34. The molecule has 2 fully saturated rings. The Morgan fingerprint density at radius 2 is 2.00 bits per heavy atom. The van der Waals surface area contributed by atoms with Gasteiger partial charge < -0.3 is 9.45 Å². The number of likely N-dealkylation sites (tertiary alicyclic amines) is 1. The van der Waals surface area contributed by atoms with Gasteiger partial charge in [0.2, 0.25) is 0 Å². The lowest BCUT2D eigenvalue weighted by atomic mass is 9.90. The Bertz CT molecular complexity index is 933. The van der Waals surface area contributed by atoms with E-state index in [0.29, 0.717) is 41.1 Å². The molecular formula is C20H23N5O2S. The predicted octanol–water partition coefficient (Wildman–Crippen LogP) is 2.34. The highest BCUT2D eigenvalue weighted by Crippen LogP contribution is 2.32. The molecule has 0 bridgehead atoms. The summed E-state index contributed by atoms with van der Waals surface area (Å²) >= 11 is -0.827. The first-order chi connectivity index (χ1) is 13.7. The Balaban J connectivity index is 1.81. The van der Waals surface area contributed by atoms with Crippen molar-refractivity contribution in [3.63, 3.8) is 0 Å². The molecule has 0 spiro atoms. The SMILES string of the molecule is N#C/C(=C(\C(=O)N1CCCCC1)C1CC[S+]([O-])CC1)n1cnc2cnccc21. The summed E-state index contributed by atoms with van der Waals surface area (Å²) < 4.78 is 13.6. The molecule has 0 aromatic carbocycles. The van der Waals surface area contributed by atoms with Gasteiger partial charge in [-0.05, 0) is 38.2 Å². The Labute approximate surface area is 167 Å². The highest BCUT2D eigenvalue weighted by atomic mass is 32.2. The van der Waals surface area contributed by atoms with E-state index in [4.69, 9.17) is 0 Å². The molecule has 2 aliphatic rings. The molecule has 0 aliphatic carbocycles. The fraction of sp³-hybridized carbons (Fsp3) is 0.500. The molecule has 4 rings (SSSR count). The summed E-state index contributed by atoms with van der Waals surface area (Å²) in [6.45, 7) is 1.46. The normalized spacial score (nSPS) is 23.9. The Hall–Kier alpha value is -2.37. The summed E-state index contributed by atoms with van der Waals surface area (Å²) in [6, 6.07) is 4.09. The van der Waals surface area contributed by atoms with Crippen molar-refractivity contribution < 1.29 is 9.35 Å². The summed E-state index contributed by atoms with van der Waals surface area (Å²) in [6.07, 6.45) is 9.36. The minimum atomic E-state index is -0.827. The van der Waals surface area contributed by atoms with Gasteiger partial charge in [-0.2, -0.15) is 5.26 Å². The van der Waals surface area contributed by atoms with Gasteiger partial charge in [-0.15, -0.1) is 0 Å². The van der Waals surface area contributed by atoms with E-state index in [1.807, 2.05) is 4.90 Å². The average molecular weight is 398 g/mol. The van der Waals surface area contributed by atoms with Crippen LogP contribution < -0.4 is 0 Å². The number of rotatable bonds is 3. The van der Waals surface area contributed by atoms with Crippen molar-refractivity contribution in [3.05, 3.63) is 30.4 Å². The van der Waals surface area contributed by atoms with Crippen molar-refractivity contribution in [3.8, 4) is 6.07 Å². The molecule has 0 saturated carbocycles. The summed E-state index contributed by atoms with van der Waals surface area (Å²) in [5.41, 5.74) is 2.33. The number of pyridine rings is 1. The number of piperidine rings is 1. The van der Waals surface area contributed by atoms with E-state index >= 15 is 0 Å². The monoisotopic (exact) mass is 397 g/mol. The molecule has 4 heterocycles. The van der Waals surface area contributed by atoms with Crippen molar-refractivity contribution in [1.29, 1.82) is 5.26 Å². The third-order valence-electron chi connectivity index (χ3n) is 5.62. The molecule has 0 radical (unpaired) electrons. The molecule has 28 heavy (non-hydrogen) atoms. The maximum absolute atomic E-state index is 13.5. The molecule has 0 N–H and O–H groups in total. The second-order valence-corrected chi connectivity index (χ2v) is 9.02. The molecule has 7 nitrogen and oxygen atoms in total. The molecular weight excluding hydrogens is 374 g/mol. The first kappa shape index (κ1) is 19.0. The molecule has 0 atom stereocenters. The van der Waals surface area contributed by atoms with Crippen molar-refractivity contribution in [2.24, 2.45) is 5.92 Å². The van der Waals surface area contributed by atoms with Crippen LogP contribution in [0.2, 0.25) is 0 Å². The maximum Gasteiger partial charge on any atom is 0.252 e. The van der Waals surface area contributed by atoms with Gasteiger partial charge in [0.25, 0.3) is 5.91 Å². The van der Waals surface area contributed by atoms with Crippen LogP contribution in [0.5, 0.6) is 0 Å². The topological polar surface area (TPSA) is 97.9 Å². The fourth-order valence-corrected chi connectivity index (χ4v) is 5.40. The smallest absolute Gasteiger partial charge is 0.252 e. The van der Waals surface area contributed by atoms with Crippen LogP contribution >= 0.6 is 0 Å². The zero-order valence-electron chi connectivity index (χ0n) is 15.7. The largest absolute Gasteiger partial charge is 0.616 e. The van der Waals surface area contributed by atoms with Gasteiger partial charge in [0.05, 0.1) is 17.3 Å². The van der Waals surface area contributed by atoms with Gasteiger partial charge in [0, 0.05) is 25.2 Å². The zero-order valence-corrected chi connectivity index (χ0v) is 16.5. The number of nitriles is 1. The van der Waals surface area contributed by atoms with Crippen LogP contribution in [0.1, 0.15) is 32.1 Å². The molecule has 146 valence electrons. The number of aromatic nitrogens is 3. The maximum atomic E-state index is 13.5. The summed E-state index contributed by atoms with van der Waals surface area (Å²) in [7, 11) is 0. The zero-order chi connectivity index (χ0) is 19.5. The number of imidazole rings is 1. The second-order valence-electron chi connectivity index (χ2n) is 7.33. The van der Waals surface area contributed by atoms with Crippen molar-refractivity contribution in [2.45, 2.75) is 32.1 Å². The molecule has 1 amide bonds. The Morgan fingerprint density at radius 3 is 2.71 bits per heavy atom. The number of allylic oxidation sites excluding steroid dienone is 1. The van der Waals surface area contributed by atoms with E-state index in [9.17, 15) is 14.6 Å². The number of nitrogens with zero attached hydrogens (tertiary/aromatic N) is 5. The number of amides is 1. The minimum Gasteiger partial charge on any atom is -0.616 e. The van der Waals surface area contributed by atoms with Crippen LogP contribution in [0.4, 0.5) is 0 Å². The van der Waals surface area contributed by atoms with Gasteiger partial charge in [-0.1, -0.05) is 11.2 Å². The van der Waals surface area contributed by atoms with Gasteiger partial charge in [0.1, 0.15) is 35.1 Å². The van der Waals surface area contributed by atoms with Crippen LogP contribution in [-0.4, -0.2) is 54.5 Å². The molecule has 2 aromatic heterocycles. The van der Waals surface area contributed by atoms with Crippen molar-refractivity contribution >= 4 is 33.8 Å². The number of hydrogen-bond acceptors (Lipinski definition) is 5. The van der Waals surface area contributed by atoms with Crippen LogP contribution in [0.25, 0.3) is 16.7 Å². The highest BCUT2D eigenvalue weighted by molar-refractivity contribution is 7.91. The predicted molar refractivity (Wildman–Crippen MR) is 107 cm³/mol. The third-order valence-corrected chi connectivity index (χ3v) is 7.00. The number of carbonyl (C=O) groups is 1. The minimum absolute atomic E-state index is 0.0511. The van der Waals surface area contributed by atoms with Crippen molar-refractivity contribution in [1.82, 2.24) is 19.4 Å². The lowest BCUT2D eigenvalue weighted by Crippen LogP contribution is -2.40. The molecule has 2 aliphatic heterocycles. The lowest BCUT2D eigenvalue weighted by Gasteiger charge is -2.32. The summed E-state index contributed by atoms with van der Waals surface area (Å²) in [5, 5.41) is 10.1. The van der Waals surface area contributed by atoms with E-state index in [1.54, 1.807) is 29.4 Å². The third kappa shape index (κ3) is 3.64. The van der Waals surface area contributed by atoms with Gasteiger partial charge in [-0.25, -0.2) is 4.98 Å². The molecule has 2 saturated heterocycles. The molecule has 8 heteroatoms. The van der Waals surface area contributed by atoms with E-state index < -0.39 is 11.2 Å². The van der Waals surface area contributed by atoms with E-state index in [1.165, 1.54) is 0 Å². The van der Waals surface area contributed by atoms with Crippen molar-refractivity contribution in [2.75, 3.05) is 24.6 Å². The first-order valence-electron chi connectivity index (χ1n) is 9.75. The number of fused-ring (bicyclic) bond motifs is 1. The van der Waals surface area contributed by atoms with Crippen LogP contribution in [0, 0.1) is 17.2 Å². The number of hydrogen-bond donors (Lipinski definition) is 0.